The van der Waals surface area contributed by atoms with Gasteiger partial charge in [0.1, 0.15) is 5.82 Å². The van der Waals surface area contributed by atoms with Crippen LogP contribution in [0.4, 0.5) is 10.1 Å². The number of aryl methyl sites for hydroxylation is 1. The van der Waals surface area contributed by atoms with Crippen molar-refractivity contribution < 1.29 is 13.9 Å². The van der Waals surface area contributed by atoms with Crippen molar-refractivity contribution in [1.82, 2.24) is 4.57 Å². The van der Waals surface area contributed by atoms with Gasteiger partial charge in [-0.05, 0) is 62.4 Å². The van der Waals surface area contributed by atoms with Crippen molar-refractivity contribution in [3.63, 3.8) is 0 Å². The summed E-state index contributed by atoms with van der Waals surface area (Å²) in [5.74, 6) is -0.779. The number of halogens is 2. The molecule has 0 aliphatic rings. The average molecular weight is 385 g/mol. The van der Waals surface area contributed by atoms with Crippen molar-refractivity contribution >= 4 is 29.5 Å². The highest BCUT2D eigenvalue weighted by molar-refractivity contribution is 6.33. The van der Waals surface area contributed by atoms with Gasteiger partial charge in [0.05, 0.1) is 23.4 Å². The molecule has 1 aromatic heterocycles. The number of aromatic nitrogens is 1. The second-order valence-electron chi connectivity index (χ2n) is 6.05. The van der Waals surface area contributed by atoms with E-state index >= 15 is 0 Å². The molecule has 6 heteroatoms. The van der Waals surface area contributed by atoms with E-state index in [1.54, 1.807) is 36.5 Å². The highest BCUT2D eigenvalue weighted by Gasteiger charge is 2.12. The van der Waals surface area contributed by atoms with Crippen LogP contribution in [0.5, 0.6) is 0 Å². The summed E-state index contributed by atoms with van der Waals surface area (Å²) >= 11 is 6.03. The second-order valence-corrected chi connectivity index (χ2v) is 6.46. The summed E-state index contributed by atoms with van der Waals surface area (Å²) in [7, 11) is 1.30. The van der Waals surface area contributed by atoms with Crippen LogP contribution in [0, 0.1) is 19.7 Å². The minimum absolute atomic E-state index is 0.269. The molecule has 0 saturated carbocycles. The van der Waals surface area contributed by atoms with E-state index in [2.05, 4.69) is 4.99 Å². The first-order chi connectivity index (χ1) is 12.9. The van der Waals surface area contributed by atoms with Gasteiger partial charge in [-0.25, -0.2) is 9.18 Å². The van der Waals surface area contributed by atoms with Gasteiger partial charge < -0.3 is 9.30 Å². The Hall–Kier alpha value is -2.92. The number of rotatable bonds is 4. The SMILES string of the molecule is COC(=O)c1cc(N=Cc2cc(C)n(-c3ccc(F)cc3)c2C)ccc1Cl. The van der Waals surface area contributed by atoms with Crippen molar-refractivity contribution in [3.8, 4) is 5.69 Å². The van der Waals surface area contributed by atoms with E-state index < -0.39 is 5.97 Å². The predicted molar refractivity (Wildman–Crippen MR) is 105 cm³/mol. The van der Waals surface area contributed by atoms with Gasteiger partial charge in [0, 0.05) is 28.9 Å². The fraction of sp³-hybridized carbons (Fsp3) is 0.143. The molecule has 0 unspecified atom stereocenters. The Morgan fingerprint density at radius 1 is 1.15 bits per heavy atom. The van der Waals surface area contributed by atoms with Crippen LogP contribution < -0.4 is 0 Å². The highest BCUT2D eigenvalue weighted by Crippen LogP contribution is 2.24. The number of nitrogens with zero attached hydrogens (tertiary/aromatic N) is 2. The first-order valence-electron chi connectivity index (χ1n) is 8.27. The Bertz CT molecular complexity index is 1020. The molecule has 138 valence electrons. The maximum atomic E-state index is 13.2. The monoisotopic (exact) mass is 384 g/mol. The number of carbonyl (C=O) groups excluding carboxylic acids is 1. The zero-order chi connectivity index (χ0) is 19.6. The number of benzene rings is 2. The number of hydrogen-bond acceptors (Lipinski definition) is 3. The quantitative estimate of drug-likeness (QED) is 0.445. The number of ether oxygens (including phenoxy) is 1. The fourth-order valence-corrected chi connectivity index (χ4v) is 3.10. The maximum absolute atomic E-state index is 13.2. The molecule has 0 spiro atoms. The van der Waals surface area contributed by atoms with Crippen molar-refractivity contribution in [1.29, 1.82) is 0 Å². The molecule has 0 N–H and O–H groups in total. The van der Waals surface area contributed by atoms with Gasteiger partial charge in [-0.2, -0.15) is 0 Å². The zero-order valence-corrected chi connectivity index (χ0v) is 15.9. The number of aliphatic imine (C=N–C) groups is 1. The van der Waals surface area contributed by atoms with E-state index in [1.807, 2.05) is 24.5 Å². The van der Waals surface area contributed by atoms with Crippen LogP contribution in [-0.4, -0.2) is 23.9 Å². The summed E-state index contributed by atoms with van der Waals surface area (Å²) in [5.41, 5.74) is 4.64. The first kappa shape index (κ1) is 18.9. The van der Waals surface area contributed by atoms with Crippen LogP contribution in [0.2, 0.25) is 5.02 Å². The molecule has 27 heavy (non-hydrogen) atoms. The fourth-order valence-electron chi connectivity index (χ4n) is 2.91. The van der Waals surface area contributed by atoms with E-state index in [0.29, 0.717) is 10.7 Å². The number of carbonyl (C=O) groups is 1. The van der Waals surface area contributed by atoms with E-state index in [4.69, 9.17) is 16.3 Å². The lowest BCUT2D eigenvalue weighted by molar-refractivity contribution is 0.0601. The highest BCUT2D eigenvalue weighted by atomic mass is 35.5. The Morgan fingerprint density at radius 2 is 1.85 bits per heavy atom. The summed E-state index contributed by atoms with van der Waals surface area (Å²) in [6.07, 6.45) is 1.73. The molecule has 0 radical (unpaired) electrons. The Labute approximate surface area is 161 Å². The van der Waals surface area contributed by atoms with Crippen LogP contribution in [0.25, 0.3) is 5.69 Å². The van der Waals surface area contributed by atoms with Crippen LogP contribution >= 0.6 is 11.6 Å². The number of methoxy groups -OCH3 is 1. The number of hydrogen-bond donors (Lipinski definition) is 0. The topological polar surface area (TPSA) is 43.6 Å². The minimum Gasteiger partial charge on any atom is -0.465 e. The third-order valence-electron chi connectivity index (χ3n) is 4.26. The summed E-state index contributed by atoms with van der Waals surface area (Å²) in [6.45, 7) is 3.95. The van der Waals surface area contributed by atoms with Crippen molar-refractivity contribution in [2.24, 2.45) is 4.99 Å². The van der Waals surface area contributed by atoms with E-state index in [9.17, 15) is 9.18 Å². The van der Waals surface area contributed by atoms with Gasteiger partial charge in [-0.1, -0.05) is 11.6 Å². The molecule has 0 bridgehead atoms. The molecule has 0 aliphatic heterocycles. The summed E-state index contributed by atoms with van der Waals surface area (Å²) in [6, 6.07) is 13.3. The third kappa shape index (κ3) is 3.93. The maximum Gasteiger partial charge on any atom is 0.339 e. The van der Waals surface area contributed by atoms with Gasteiger partial charge in [0.2, 0.25) is 0 Å². The van der Waals surface area contributed by atoms with Gasteiger partial charge >= 0.3 is 5.97 Å². The second kappa shape index (κ2) is 7.76. The molecule has 0 saturated heterocycles. The standard InChI is InChI=1S/C21H18ClFN2O2/c1-13-10-15(14(2)25(13)18-7-4-16(23)5-8-18)12-24-17-6-9-20(22)19(11-17)21(26)27-3/h4-12H,1-3H3. The largest absolute Gasteiger partial charge is 0.465 e. The van der Waals surface area contributed by atoms with Crippen molar-refractivity contribution in [2.45, 2.75) is 13.8 Å². The van der Waals surface area contributed by atoms with Crippen LogP contribution in [0.15, 0.2) is 53.5 Å². The molecule has 3 rings (SSSR count). The first-order valence-corrected chi connectivity index (χ1v) is 8.65. The molecule has 3 aromatic rings. The van der Waals surface area contributed by atoms with E-state index in [-0.39, 0.29) is 11.4 Å². The van der Waals surface area contributed by atoms with E-state index in [0.717, 1.165) is 22.6 Å². The molecular weight excluding hydrogens is 367 g/mol. The van der Waals surface area contributed by atoms with Crippen molar-refractivity contribution in [2.75, 3.05) is 7.11 Å². The molecule has 0 amide bonds. The molecule has 0 atom stereocenters. The minimum atomic E-state index is -0.508. The lowest BCUT2D eigenvalue weighted by Crippen LogP contribution is -2.01. The summed E-state index contributed by atoms with van der Waals surface area (Å²) in [4.78, 5) is 16.2. The van der Waals surface area contributed by atoms with E-state index in [1.165, 1.54) is 19.2 Å². The molecule has 4 nitrogen and oxygen atoms in total. The summed E-state index contributed by atoms with van der Waals surface area (Å²) < 4.78 is 19.9. The third-order valence-corrected chi connectivity index (χ3v) is 4.59. The van der Waals surface area contributed by atoms with Crippen molar-refractivity contribution in [3.05, 3.63) is 81.9 Å². The Morgan fingerprint density at radius 3 is 2.52 bits per heavy atom. The van der Waals surface area contributed by atoms with Gasteiger partial charge in [-0.15, -0.1) is 0 Å². The Balaban J connectivity index is 1.94. The van der Waals surface area contributed by atoms with Gasteiger partial charge in [0.25, 0.3) is 0 Å². The van der Waals surface area contributed by atoms with Crippen LogP contribution in [-0.2, 0) is 4.74 Å². The van der Waals surface area contributed by atoms with Gasteiger partial charge in [0.15, 0.2) is 0 Å². The number of esters is 1. The molecule has 1 heterocycles. The lowest BCUT2D eigenvalue weighted by Gasteiger charge is -2.09. The zero-order valence-electron chi connectivity index (χ0n) is 15.2. The van der Waals surface area contributed by atoms with Crippen LogP contribution in [0.1, 0.15) is 27.3 Å². The summed E-state index contributed by atoms with van der Waals surface area (Å²) in [5, 5.41) is 0.315. The lowest BCUT2D eigenvalue weighted by atomic mass is 10.2. The normalized spacial score (nSPS) is 11.1. The molecule has 0 aliphatic carbocycles. The predicted octanol–water partition coefficient (Wildman–Crippen LogP) is 5.42. The van der Waals surface area contributed by atoms with Crippen LogP contribution in [0.3, 0.4) is 0 Å². The molecule has 0 fully saturated rings. The molecular formula is C21H18ClFN2O2. The Kier molecular flexibility index (Phi) is 5.42. The smallest absolute Gasteiger partial charge is 0.339 e. The average Bonchev–Trinajstić information content (AvgIpc) is 2.95. The molecule has 2 aromatic carbocycles. The van der Waals surface area contributed by atoms with Gasteiger partial charge in [-0.3, -0.25) is 4.99 Å².